The number of hydrogen-bond donors (Lipinski definition) is 2. The van der Waals surface area contributed by atoms with E-state index in [4.69, 9.17) is 16.2 Å². The van der Waals surface area contributed by atoms with Crippen LogP contribution in [-0.4, -0.2) is 18.8 Å². The van der Waals surface area contributed by atoms with Gasteiger partial charge in [0.1, 0.15) is 5.75 Å². The molecule has 0 spiro atoms. The van der Waals surface area contributed by atoms with E-state index in [1.807, 2.05) is 24.3 Å². The maximum absolute atomic E-state index is 5.44. The summed E-state index contributed by atoms with van der Waals surface area (Å²) in [6, 6.07) is 7.53. The van der Waals surface area contributed by atoms with Crippen molar-refractivity contribution in [1.29, 1.82) is 0 Å². The molecule has 16 heavy (non-hydrogen) atoms. The van der Waals surface area contributed by atoms with Crippen LogP contribution in [0, 0.1) is 0 Å². The van der Waals surface area contributed by atoms with Crippen molar-refractivity contribution in [3.63, 3.8) is 0 Å². The van der Waals surface area contributed by atoms with Crippen LogP contribution in [0.25, 0.3) is 0 Å². The van der Waals surface area contributed by atoms with Crippen LogP contribution in [0.4, 0.5) is 0 Å². The summed E-state index contributed by atoms with van der Waals surface area (Å²) in [6.07, 6.45) is 2.57. The Bertz CT molecular complexity index is 366. The lowest BCUT2D eigenvalue weighted by Gasteiger charge is -2.03. The van der Waals surface area contributed by atoms with Gasteiger partial charge in [-0.3, -0.25) is 0 Å². The summed E-state index contributed by atoms with van der Waals surface area (Å²) >= 11 is 0. The van der Waals surface area contributed by atoms with Gasteiger partial charge in [-0.25, -0.2) is 0 Å². The Morgan fingerprint density at radius 1 is 1.31 bits per heavy atom. The summed E-state index contributed by atoms with van der Waals surface area (Å²) in [5, 5.41) is 7.21. The molecule has 4 N–H and O–H groups in total. The topological polar surface area (TPSA) is 86.0 Å². The van der Waals surface area contributed by atoms with Crippen LogP contribution in [0.3, 0.4) is 0 Å². The standard InChI is InChI=1S/C11H16N4O/c1-2-7-16-10-5-3-9(4-6-10)8-14-15-11(12)13/h3-6,8H,2,7H2,1H3,(H4,12,13,15). The van der Waals surface area contributed by atoms with Crippen LogP contribution in [0.15, 0.2) is 34.5 Å². The predicted molar refractivity (Wildman–Crippen MR) is 65.6 cm³/mol. The Kier molecular flexibility index (Phi) is 4.85. The first-order valence-corrected chi connectivity index (χ1v) is 5.07. The number of ether oxygens (including phenoxy) is 1. The molecule has 0 saturated carbocycles. The molecule has 86 valence electrons. The van der Waals surface area contributed by atoms with Crippen molar-refractivity contribution in [1.82, 2.24) is 0 Å². The lowest BCUT2D eigenvalue weighted by atomic mass is 10.2. The molecule has 0 saturated heterocycles. The van der Waals surface area contributed by atoms with Crippen molar-refractivity contribution < 1.29 is 4.74 Å². The normalized spacial score (nSPS) is 10.3. The zero-order chi connectivity index (χ0) is 11.8. The van der Waals surface area contributed by atoms with E-state index in [2.05, 4.69) is 17.1 Å². The smallest absolute Gasteiger partial charge is 0.211 e. The highest BCUT2D eigenvalue weighted by atomic mass is 16.5. The number of hydrogen-bond acceptors (Lipinski definition) is 3. The minimum atomic E-state index is -0.0563. The predicted octanol–water partition coefficient (Wildman–Crippen LogP) is 1.08. The fourth-order valence-corrected chi connectivity index (χ4v) is 1.03. The van der Waals surface area contributed by atoms with E-state index in [1.54, 1.807) is 6.21 Å². The van der Waals surface area contributed by atoms with Gasteiger partial charge in [0.05, 0.1) is 12.8 Å². The van der Waals surface area contributed by atoms with E-state index in [-0.39, 0.29) is 5.96 Å². The second kappa shape index (κ2) is 6.44. The average Bonchev–Trinajstić information content (AvgIpc) is 2.27. The summed E-state index contributed by atoms with van der Waals surface area (Å²) in [4.78, 5) is 0. The molecule has 5 heteroatoms. The van der Waals surface area contributed by atoms with Crippen LogP contribution < -0.4 is 16.2 Å². The van der Waals surface area contributed by atoms with Crippen molar-refractivity contribution in [2.45, 2.75) is 13.3 Å². The molecule has 0 radical (unpaired) electrons. The largest absolute Gasteiger partial charge is 0.494 e. The molecule has 0 unspecified atom stereocenters. The molecular weight excluding hydrogens is 204 g/mol. The van der Waals surface area contributed by atoms with E-state index < -0.39 is 0 Å². The molecule has 0 heterocycles. The van der Waals surface area contributed by atoms with Crippen molar-refractivity contribution in [3.05, 3.63) is 29.8 Å². The van der Waals surface area contributed by atoms with Gasteiger partial charge in [0, 0.05) is 0 Å². The van der Waals surface area contributed by atoms with E-state index in [0.717, 1.165) is 24.3 Å². The molecule has 1 aromatic rings. The van der Waals surface area contributed by atoms with Gasteiger partial charge in [0.15, 0.2) is 0 Å². The quantitative estimate of drug-likeness (QED) is 0.442. The summed E-state index contributed by atoms with van der Waals surface area (Å²) < 4.78 is 5.44. The zero-order valence-electron chi connectivity index (χ0n) is 9.26. The number of guanidine groups is 1. The van der Waals surface area contributed by atoms with Gasteiger partial charge in [0.25, 0.3) is 0 Å². The Labute approximate surface area is 94.8 Å². The zero-order valence-corrected chi connectivity index (χ0v) is 9.26. The van der Waals surface area contributed by atoms with Crippen LogP contribution in [0.5, 0.6) is 5.75 Å². The molecule has 0 amide bonds. The van der Waals surface area contributed by atoms with Crippen molar-refractivity contribution in [2.75, 3.05) is 6.61 Å². The van der Waals surface area contributed by atoms with Crippen LogP contribution in [-0.2, 0) is 0 Å². The molecule has 0 aromatic heterocycles. The molecule has 0 aliphatic carbocycles. The van der Waals surface area contributed by atoms with Gasteiger partial charge < -0.3 is 16.2 Å². The first-order valence-electron chi connectivity index (χ1n) is 5.07. The lowest BCUT2D eigenvalue weighted by Crippen LogP contribution is -2.21. The molecule has 0 aliphatic rings. The van der Waals surface area contributed by atoms with Gasteiger partial charge in [-0.05, 0) is 36.2 Å². The SMILES string of the molecule is CCCOc1ccc(C=NN=C(N)N)cc1. The molecule has 0 aliphatic heterocycles. The van der Waals surface area contributed by atoms with E-state index in [0.29, 0.717) is 0 Å². The molecule has 0 atom stereocenters. The van der Waals surface area contributed by atoms with Gasteiger partial charge in [-0.15, -0.1) is 5.10 Å². The van der Waals surface area contributed by atoms with Gasteiger partial charge in [-0.2, -0.15) is 5.10 Å². The highest BCUT2D eigenvalue weighted by molar-refractivity contribution is 5.81. The Hall–Kier alpha value is -2.04. The van der Waals surface area contributed by atoms with Gasteiger partial charge in [-0.1, -0.05) is 6.92 Å². The van der Waals surface area contributed by atoms with Crippen LogP contribution in [0.1, 0.15) is 18.9 Å². The van der Waals surface area contributed by atoms with Crippen molar-refractivity contribution in [3.8, 4) is 5.75 Å². The minimum absolute atomic E-state index is 0.0563. The second-order valence-corrected chi connectivity index (χ2v) is 3.19. The lowest BCUT2D eigenvalue weighted by molar-refractivity contribution is 0.317. The number of rotatable bonds is 5. The Balaban J connectivity index is 2.57. The maximum Gasteiger partial charge on any atom is 0.211 e. The van der Waals surface area contributed by atoms with E-state index in [9.17, 15) is 0 Å². The second-order valence-electron chi connectivity index (χ2n) is 3.19. The molecule has 0 bridgehead atoms. The molecule has 1 aromatic carbocycles. The Morgan fingerprint density at radius 2 is 2.00 bits per heavy atom. The molecule has 0 fully saturated rings. The third-order valence-corrected chi connectivity index (χ3v) is 1.73. The van der Waals surface area contributed by atoms with Crippen LogP contribution >= 0.6 is 0 Å². The first kappa shape index (κ1) is 12.0. The summed E-state index contributed by atoms with van der Waals surface area (Å²) in [7, 11) is 0. The monoisotopic (exact) mass is 220 g/mol. The number of nitrogens with zero attached hydrogens (tertiary/aromatic N) is 2. The third-order valence-electron chi connectivity index (χ3n) is 1.73. The van der Waals surface area contributed by atoms with Crippen molar-refractivity contribution in [2.24, 2.45) is 21.7 Å². The van der Waals surface area contributed by atoms with E-state index in [1.165, 1.54) is 0 Å². The fourth-order valence-electron chi connectivity index (χ4n) is 1.03. The fraction of sp³-hybridized carbons (Fsp3) is 0.273. The van der Waals surface area contributed by atoms with E-state index >= 15 is 0 Å². The molecule has 1 rings (SSSR count). The van der Waals surface area contributed by atoms with Gasteiger partial charge >= 0.3 is 0 Å². The minimum Gasteiger partial charge on any atom is -0.494 e. The highest BCUT2D eigenvalue weighted by Crippen LogP contribution is 2.11. The highest BCUT2D eigenvalue weighted by Gasteiger charge is 1.92. The third kappa shape index (κ3) is 4.45. The number of nitrogens with two attached hydrogens (primary N) is 2. The van der Waals surface area contributed by atoms with Crippen LogP contribution in [0.2, 0.25) is 0 Å². The van der Waals surface area contributed by atoms with Crippen molar-refractivity contribution >= 4 is 12.2 Å². The summed E-state index contributed by atoms with van der Waals surface area (Å²) in [5.74, 6) is 0.792. The van der Waals surface area contributed by atoms with Gasteiger partial charge in [0.2, 0.25) is 5.96 Å². The summed E-state index contributed by atoms with van der Waals surface area (Å²) in [6.45, 7) is 2.79. The summed E-state index contributed by atoms with van der Waals surface area (Å²) in [5.41, 5.74) is 11.2. The number of benzene rings is 1. The average molecular weight is 220 g/mol. The Morgan fingerprint density at radius 3 is 2.56 bits per heavy atom. The molecular formula is C11H16N4O. The first-order chi connectivity index (χ1) is 7.72. The molecule has 5 nitrogen and oxygen atoms in total. The maximum atomic E-state index is 5.44.